The highest BCUT2D eigenvalue weighted by Crippen LogP contribution is 2.19. The molecule has 0 aliphatic carbocycles. The maximum atomic E-state index is 13.2. The van der Waals surface area contributed by atoms with Gasteiger partial charge in [-0.2, -0.15) is 0 Å². The molecule has 1 aromatic carbocycles. The molecule has 2 rings (SSSR count). The van der Waals surface area contributed by atoms with Crippen molar-refractivity contribution >= 4 is 17.5 Å². The molecular formula is C15H20ClFN2O2. The van der Waals surface area contributed by atoms with Gasteiger partial charge in [-0.25, -0.2) is 4.39 Å². The van der Waals surface area contributed by atoms with E-state index in [1.165, 1.54) is 18.2 Å². The Kier molecular flexibility index (Phi) is 5.19. The van der Waals surface area contributed by atoms with Crippen LogP contribution in [-0.2, 0) is 0 Å². The summed E-state index contributed by atoms with van der Waals surface area (Å²) in [7, 11) is 0. The van der Waals surface area contributed by atoms with E-state index in [1.54, 1.807) is 11.8 Å². The van der Waals surface area contributed by atoms with E-state index in [-0.39, 0.29) is 23.1 Å². The number of β-amino-alcohol motifs (C(OH)–C–C–N with tert-alkyl or cyclic N) is 1. The van der Waals surface area contributed by atoms with Crippen LogP contribution >= 0.6 is 11.6 Å². The Morgan fingerprint density at radius 2 is 2.24 bits per heavy atom. The molecule has 4 nitrogen and oxygen atoms in total. The van der Waals surface area contributed by atoms with Crippen molar-refractivity contribution in [1.82, 2.24) is 9.80 Å². The number of hydrogen-bond acceptors (Lipinski definition) is 3. The first-order chi connectivity index (χ1) is 9.88. The number of amides is 1. The highest BCUT2D eigenvalue weighted by atomic mass is 35.5. The zero-order valence-corrected chi connectivity index (χ0v) is 13.0. The van der Waals surface area contributed by atoms with Gasteiger partial charge in [0.2, 0.25) is 0 Å². The molecule has 1 aromatic rings. The van der Waals surface area contributed by atoms with Crippen molar-refractivity contribution < 1.29 is 14.3 Å². The lowest BCUT2D eigenvalue weighted by Gasteiger charge is -2.40. The predicted molar refractivity (Wildman–Crippen MR) is 80.0 cm³/mol. The first-order valence-corrected chi connectivity index (χ1v) is 7.42. The lowest BCUT2D eigenvalue weighted by molar-refractivity contribution is 0.0383. The Hall–Kier alpha value is -1.17. The van der Waals surface area contributed by atoms with E-state index in [0.29, 0.717) is 25.2 Å². The number of carbonyl (C=O) groups is 1. The van der Waals surface area contributed by atoms with E-state index < -0.39 is 5.82 Å². The highest BCUT2D eigenvalue weighted by Gasteiger charge is 2.28. The molecule has 1 saturated heterocycles. The summed E-state index contributed by atoms with van der Waals surface area (Å²) in [5.74, 6) is -0.663. The minimum atomic E-state index is -0.525. The number of halogens is 2. The Morgan fingerprint density at radius 3 is 2.81 bits per heavy atom. The van der Waals surface area contributed by atoms with Crippen molar-refractivity contribution in [2.45, 2.75) is 26.0 Å². The third kappa shape index (κ3) is 3.93. The van der Waals surface area contributed by atoms with E-state index in [9.17, 15) is 14.3 Å². The average Bonchev–Trinajstić information content (AvgIpc) is 2.40. The van der Waals surface area contributed by atoms with Crippen molar-refractivity contribution in [1.29, 1.82) is 0 Å². The van der Waals surface area contributed by atoms with Gasteiger partial charge in [-0.15, -0.1) is 0 Å². The van der Waals surface area contributed by atoms with Gasteiger partial charge in [-0.3, -0.25) is 9.69 Å². The summed E-state index contributed by atoms with van der Waals surface area (Å²) >= 11 is 5.73. The molecule has 0 radical (unpaired) electrons. The van der Waals surface area contributed by atoms with Gasteiger partial charge in [-0.05, 0) is 32.0 Å². The van der Waals surface area contributed by atoms with E-state index >= 15 is 0 Å². The van der Waals surface area contributed by atoms with Gasteiger partial charge in [0.05, 0.1) is 11.1 Å². The van der Waals surface area contributed by atoms with Crippen molar-refractivity contribution in [3.8, 4) is 0 Å². The topological polar surface area (TPSA) is 43.8 Å². The van der Waals surface area contributed by atoms with E-state index in [2.05, 4.69) is 4.90 Å². The van der Waals surface area contributed by atoms with Crippen LogP contribution in [0.2, 0.25) is 5.02 Å². The van der Waals surface area contributed by atoms with Crippen LogP contribution in [-0.4, -0.2) is 59.1 Å². The zero-order valence-electron chi connectivity index (χ0n) is 12.2. The second-order valence-corrected chi connectivity index (χ2v) is 5.99. The number of aliphatic hydroxyl groups excluding tert-OH is 1. The predicted octanol–water partition coefficient (Wildman–Crippen LogP) is 2.01. The van der Waals surface area contributed by atoms with Gasteiger partial charge >= 0.3 is 0 Å². The van der Waals surface area contributed by atoms with Gasteiger partial charge in [-0.1, -0.05) is 11.6 Å². The van der Waals surface area contributed by atoms with Crippen molar-refractivity contribution in [3.63, 3.8) is 0 Å². The Labute approximate surface area is 129 Å². The number of piperazine rings is 1. The number of rotatable bonds is 3. The summed E-state index contributed by atoms with van der Waals surface area (Å²) in [6, 6.07) is 4.07. The summed E-state index contributed by atoms with van der Waals surface area (Å²) in [4.78, 5) is 16.4. The fourth-order valence-corrected chi connectivity index (χ4v) is 2.85. The highest BCUT2D eigenvalue weighted by molar-refractivity contribution is 6.31. The van der Waals surface area contributed by atoms with Crippen LogP contribution in [0.25, 0.3) is 0 Å². The van der Waals surface area contributed by atoms with Crippen LogP contribution in [0.4, 0.5) is 4.39 Å². The maximum absolute atomic E-state index is 13.2. The molecule has 2 atom stereocenters. The number of hydrogen-bond donors (Lipinski definition) is 1. The van der Waals surface area contributed by atoms with Crippen molar-refractivity contribution in [2.75, 3.05) is 26.2 Å². The van der Waals surface area contributed by atoms with Crippen molar-refractivity contribution in [3.05, 3.63) is 34.6 Å². The molecule has 0 spiro atoms. The second kappa shape index (κ2) is 6.73. The minimum Gasteiger partial charge on any atom is -0.392 e. The van der Waals surface area contributed by atoms with Crippen LogP contribution in [0.1, 0.15) is 24.2 Å². The van der Waals surface area contributed by atoms with Crippen LogP contribution < -0.4 is 0 Å². The molecule has 0 bridgehead atoms. The largest absolute Gasteiger partial charge is 0.392 e. The standard InChI is InChI=1S/C15H20ClFN2O2/c1-10-8-18(9-11(2)20)5-6-19(10)15(21)12-3-4-14(17)13(16)7-12/h3-4,7,10-11,20H,5-6,8-9H2,1-2H3/t10-,11-/m0/s1. The summed E-state index contributed by atoms with van der Waals surface area (Å²) in [6.07, 6.45) is -0.379. The van der Waals surface area contributed by atoms with Gasteiger partial charge in [0, 0.05) is 37.8 Å². The fourth-order valence-electron chi connectivity index (χ4n) is 2.67. The van der Waals surface area contributed by atoms with E-state index in [1.807, 2.05) is 6.92 Å². The molecule has 0 aromatic heterocycles. The van der Waals surface area contributed by atoms with Gasteiger partial charge in [0.25, 0.3) is 5.91 Å². The summed E-state index contributed by atoms with van der Waals surface area (Å²) in [5, 5.41) is 9.39. The monoisotopic (exact) mass is 314 g/mol. The quantitative estimate of drug-likeness (QED) is 0.928. The maximum Gasteiger partial charge on any atom is 0.254 e. The lowest BCUT2D eigenvalue weighted by Crippen LogP contribution is -2.55. The third-order valence-corrected chi connectivity index (χ3v) is 3.95. The molecule has 1 heterocycles. The minimum absolute atomic E-state index is 0.0360. The third-order valence-electron chi connectivity index (χ3n) is 3.66. The summed E-state index contributed by atoms with van der Waals surface area (Å²) in [5.41, 5.74) is 0.400. The Morgan fingerprint density at radius 1 is 1.52 bits per heavy atom. The van der Waals surface area contributed by atoms with Crippen LogP contribution in [0.15, 0.2) is 18.2 Å². The molecule has 116 valence electrons. The molecule has 1 fully saturated rings. The van der Waals surface area contributed by atoms with Gasteiger partial charge in [0.15, 0.2) is 0 Å². The number of benzene rings is 1. The average molecular weight is 315 g/mol. The first kappa shape index (κ1) is 16.2. The number of carbonyl (C=O) groups excluding carboxylic acids is 1. The van der Waals surface area contributed by atoms with E-state index in [0.717, 1.165) is 6.54 Å². The van der Waals surface area contributed by atoms with Crippen LogP contribution in [0.3, 0.4) is 0 Å². The molecule has 0 saturated carbocycles. The Bertz CT molecular complexity index is 524. The molecule has 1 aliphatic rings. The smallest absolute Gasteiger partial charge is 0.254 e. The first-order valence-electron chi connectivity index (χ1n) is 7.05. The lowest BCUT2D eigenvalue weighted by atomic mass is 10.1. The SMILES string of the molecule is C[C@H](O)CN1CCN(C(=O)c2ccc(F)c(Cl)c2)[C@@H](C)C1. The van der Waals surface area contributed by atoms with Crippen LogP contribution in [0.5, 0.6) is 0 Å². The molecule has 1 aliphatic heterocycles. The van der Waals surface area contributed by atoms with E-state index in [4.69, 9.17) is 11.6 Å². The second-order valence-electron chi connectivity index (χ2n) is 5.59. The fraction of sp³-hybridized carbons (Fsp3) is 0.533. The summed E-state index contributed by atoms with van der Waals surface area (Å²) < 4.78 is 13.2. The molecule has 21 heavy (non-hydrogen) atoms. The van der Waals surface area contributed by atoms with Gasteiger partial charge in [0.1, 0.15) is 5.82 Å². The van der Waals surface area contributed by atoms with Crippen LogP contribution in [0, 0.1) is 5.82 Å². The number of aliphatic hydroxyl groups is 1. The molecular weight excluding hydrogens is 295 g/mol. The van der Waals surface area contributed by atoms with Crippen molar-refractivity contribution in [2.24, 2.45) is 0 Å². The molecule has 0 unspecified atom stereocenters. The normalized spacial score (nSPS) is 21.4. The molecule has 1 amide bonds. The zero-order chi connectivity index (χ0) is 15.6. The summed E-state index contributed by atoms with van der Waals surface area (Å²) in [6.45, 7) is 6.35. The van der Waals surface area contributed by atoms with Gasteiger partial charge < -0.3 is 10.0 Å². The Balaban J connectivity index is 2.05. The molecule has 6 heteroatoms. The molecule has 1 N–H and O–H groups in total. The number of nitrogens with zero attached hydrogens (tertiary/aromatic N) is 2.